The summed E-state index contributed by atoms with van der Waals surface area (Å²) in [6.45, 7) is 2.08. The zero-order valence-electron chi connectivity index (χ0n) is 6.47. The summed E-state index contributed by atoms with van der Waals surface area (Å²) in [5, 5.41) is 12.7. The quantitative estimate of drug-likeness (QED) is 0.736. The molecule has 1 aromatic heterocycles. The van der Waals surface area contributed by atoms with Gasteiger partial charge in [0.1, 0.15) is 5.75 Å². The van der Waals surface area contributed by atoms with Crippen LogP contribution in [0.4, 0.5) is 0 Å². The number of thiophene rings is 1. The van der Waals surface area contributed by atoms with E-state index in [2.05, 4.69) is 35.6 Å². The summed E-state index contributed by atoms with van der Waals surface area (Å²) in [5.41, 5.74) is 1.25. The van der Waals surface area contributed by atoms with Crippen LogP contribution >= 0.6 is 33.9 Å². The van der Waals surface area contributed by atoms with Crippen molar-refractivity contribution in [1.82, 2.24) is 0 Å². The van der Waals surface area contributed by atoms with Crippen molar-refractivity contribution in [3.05, 3.63) is 26.6 Å². The van der Waals surface area contributed by atoms with Crippen molar-refractivity contribution in [1.29, 1.82) is 0 Å². The molecule has 0 amide bonds. The largest absolute Gasteiger partial charge is 0.506 e. The van der Waals surface area contributed by atoms with Gasteiger partial charge in [0.05, 0.1) is 4.70 Å². The fourth-order valence-electron chi connectivity index (χ4n) is 1.23. The molecule has 0 unspecified atom stereocenters. The van der Waals surface area contributed by atoms with Crippen LogP contribution in [0.1, 0.15) is 5.56 Å². The van der Waals surface area contributed by atoms with Crippen LogP contribution in [0.5, 0.6) is 5.75 Å². The predicted octanol–water partition coefficient (Wildman–Crippen LogP) is 3.52. The SMILES string of the molecule is Cc1c(I)cc(O)c2sccc12. The van der Waals surface area contributed by atoms with Gasteiger partial charge in [0.15, 0.2) is 0 Å². The first kappa shape index (κ1) is 8.31. The molecule has 12 heavy (non-hydrogen) atoms. The number of phenols is 1. The Bertz CT molecular complexity index is 433. The highest BCUT2D eigenvalue weighted by molar-refractivity contribution is 14.1. The van der Waals surface area contributed by atoms with E-state index in [4.69, 9.17) is 0 Å². The van der Waals surface area contributed by atoms with E-state index in [1.54, 1.807) is 11.3 Å². The normalized spacial score (nSPS) is 10.8. The minimum Gasteiger partial charge on any atom is -0.506 e. The topological polar surface area (TPSA) is 20.2 Å². The van der Waals surface area contributed by atoms with Crippen LogP contribution in [0.15, 0.2) is 17.5 Å². The molecule has 1 heterocycles. The Labute approximate surface area is 88.2 Å². The van der Waals surface area contributed by atoms with Crippen molar-refractivity contribution in [2.75, 3.05) is 0 Å². The fourth-order valence-corrected chi connectivity index (χ4v) is 2.68. The third kappa shape index (κ3) is 1.11. The molecule has 0 radical (unpaired) electrons. The monoisotopic (exact) mass is 290 g/mol. The van der Waals surface area contributed by atoms with Crippen LogP contribution in [-0.2, 0) is 0 Å². The summed E-state index contributed by atoms with van der Waals surface area (Å²) in [6, 6.07) is 3.87. The number of halogens is 1. The second-order valence-corrected chi connectivity index (χ2v) is 4.74. The minimum atomic E-state index is 0.398. The van der Waals surface area contributed by atoms with Gasteiger partial charge in [0.2, 0.25) is 0 Å². The summed E-state index contributed by atoms with van der Waals surface area (Å²) in [7, 11) is 0. The highest BCUT2D eigenvalue weighted by Gasteiger charge is 2.06. The van der Waals surface area contributed by atoms with Gasteiger partial charge in [0.25, 0.3) is 0 Å². The molecule has 0 fully saturated rings. The third-order valence-corrected chi connectivity index (χ3v) is 3.98. The van der Waals surface area contributed by atoms with Crippen molar-refractivity contribution < 1.29 is 5.11 Å². The van der Waals surface area contributed by atoms with Crippen LogP contribution in [-0.4, -0.2) is 5.11 Å². The van der Waals surface area contributed by atoms with E-state index in [0.717, 1.165) is 8.27 Å². The molecule has 2 rings (SSSR count). The zero-order chi connectivity index (χ0) is 8.72. The number of aryl methyl sites for hydroxylation is 1. The zero-order valence-corrected chi connectivity index (χ0v) is 9.44. The van der Waals surface area contributed by atoms with Gasteiger partial charge < -0.3 is 5.11 Å². The van der Waals surface area contributed by atoms with E-state index >= 15 is 0 Å². The first-order valence-corrected chi connectivity index (χ1v) is 5.51. The molecule has 0 aliphatic rings. The summed E-state index contributed by atoms with van der Waals surface area (Å²) in [6.07, 6.45) is 0. The van der Waals surface area contributed by atoms with E-state index in [0.29, 0.717) is 5.75 Å². The van der Waals surface area contributed by atoms with E-state index in [-0.39, 0.29) is 0 Å². The van der Waals surface area contributed by atoms with Crippen molar-refractivity contribution in [3.63, 3.8) is 0 Å². The standard InChI is InChI=1S/C9H7IOS/c1-5-6-2-3-12-9(6)8(11)4-7(5)10/h2-4,11H,1H3. The Kier molecular flexibility index (Phi) is 2.00. The lowest BCUT2D eigenvalue weighted by Gasteiger charge is -2.01. The van der Waals surface area contributed by atoms with Gasteiger partial charge in [-0.15, -0.1) is 11.3 Å². The van der Waals surface area contributed by atoms with Crippen LogP contribution in [0.25, 0.3) is 10.1 Å². The van der Waals surface area contributed by atoms with Gasteiger partial charge in [-0.1, -0.05) is 0 Å². The van der Waals surface area contributed by atoms with Crippen LogP contribution in [0, 0.1) is 10.5 Å². The van der Waals surface area contributed by atoms with E-state index < -0.39 is 0 Å². The van der Waals surface area contributed by atoms with Gasteiger partial charge in [0, 0.05) is 8.96 Å². The maximum atomic E-state index is 9.57. The molecule has 0 saturated heterocycles. The van der Waals surface area contributed by atoms with E-state index in [1.807, 2.05) is 11.4 Å². The lowest BCUT2D eigenvalue weighted by Crippen LogP contribution is -1.79. The number of fused-ring (bicyclic) bond motifs is 1. The number of phenolic OH excluding ortho intramolecular Hbond substituents is 1. The number of benzene rings is 1. The number of hydrogen-bond donors (Lipinski definition) is 1. The van der Waals surface area contributed by atoms with Crippen LogP contribution < -0.4 is 0 Å². The molecule has 1 nitrogen and oxygen atoms in total. The third-order valence-electron chi connectivity index (χ3n) is 1.92. The molecule has 62 valence electrons. The van der Waals surface area contributed by atoms with E-state index in [9.17, 15) is 5.11 Å². The van der Waals surface area contributed by atoms with Gasteiger partial charge in [-0.05, 0) is 52.6 Å². The lowest BCUT2D eigenvalue weighted by atomic mass is 10.1. The fraction of sp³-hybridized carbons (Fsp3) is 0.111. The summed E-state index contributed by atoms with van der Waals surface area (Å²) >= 11 is 3.82. The lowest BCUT2D eigenvalue weighted by molar-refractivity contribution is 0.482. The molecular weight excluding hydrogens is 283 g/mol. The van der Waals surface area contributed by atoms with Crippen molar-refractivity contribution in [2.45, 2.75) is 6.92 Å². The number of aromatic hydroxyl groups is 1. The molecule has 0 aliphatic heterocycles. The molecule has 2 aromatic rings. The highest BCUT2D eigenvalue weighted by Crippen LogP contribution is 2.34. The maximum Gasteiger partial charge on any atom is 0.134 e. The molecule has 0 spiro atoms. The Morgan fingerprint density at radius 1 is 1.50 bits per heavy atom. The second kappa shape index (κ2) is 2.88. The predicted molar refractivity (Wildman–Crippen MR) is 60.9 cm³/mol. The van der Waals surface area contributed by atoms with Gasteiger partial charge in [-0.2, -0.15) is 0 Å². The molecule has 0 aliphatic carbocycles. The molecule has 1 N–H and O–H groups in total. The first-order chi connectivity index (χ1) is 5.70. The smallest absolute Gasteiger partial charge is 0.134 e. The van der Waals surface area contributed by atoms with Gasteiger partial charge in [-0.25, -0.2) is 0 Å². The molecule has 0 bridgehead atoms. The summed E-state index contributed by atoms with van der Waals surface area (Å²) in [4.78, 5) is 0. The van der Waals surface area contributed by atoms with Crippen molar-refractivity contribution in [2.24, 2.45) is 0 Å². The average molecular weight is 290 g/mol. The summed E-state index contributed by atoms with van der Waals surface area (Å²) < 4.78 is 2.11. The first-order valence-electron chi connectivity index (χ1n) is 3.55. The Morgan fingerprint density at radius 3 is 3.00 bits per heavy atom. The molecule has 3 heteroatoms. The Balaban J connectivity index is 2.97. The maximum absolute atomic E-state index is 9.57. The second-order valence-electron chi connectivity index (χ2n) is 2.67. The van der Waals surface area contributed by atoms with Crippen molar-refractivity contribution >= 4 is 44.0 Å². The molecule has 1 aromatic carbocycles. The van der Waals surface area contributed by atoms with Gasteiger partial charge >= 0.3 is 0 Å². The van der Waals surface area contributed by atoms with E-state index in [1.165, 1.54) is 10.9 Å². The molecule has 0 atom stereocenters. The average Bonchev–Trinajstić information content (AvgIpc) is 2.48. The number of rotatable bonds is 0. The molecule has 0 saturated carbocycles. The van der Waals surface area contributed by atoms with Crippen molar-refractivity contribution in [3.8, 4) is 5.75 Å². The number of hydrogen-bond acceptors (Lipinski definition) is 2. The van der Waals surface area contributed by atoms with Crippen LogP contribution in [0.3, 0.4) is 0 Å². The Morgan fingerprint density at radius 2 is 2.25 bits per heavy atom. The molecular formula is C9H7IOS. The highest BCUT2D eigenvalue weighted by atomic mass is 127. The van der Waals surface area contributed by atoms with Crippen LogP contribution in [0.2, 0.25) is 0 Å². The minimum absolute atomic E-state index is 0.398. The van der Waals surface area contributed by atoms with Gasteiger partial charge in [-0.3, -0.25) is 0 Å². The summed E-state index contributed by atoms with van der Waals surface area (Å²) in [5.74, 6) is 0.398. The Hall–Kier alpha value is -0.290.